The minimum atomic E-state index is 0.0222. The Kier molecular flexibility index (Phi) is 5.05. The van der Waals surface area contributed by atoms with E-state index in [9.17, 15) is 4.79 Å². The molecule has 1 aliphatic carbocycles. The van der Waals surface area contributed by atoms with Crippen LogP contribution in [0.15, 0.2) is 12.4 Å². The van der Waals surface area contributed by atoms with Crippen molar-refractivity contribution in [3.8, 4) is 0 Å². The fourth-order valence-corrected chi connectivity index (χ4v) is 4.36. The predicted octanol–water partition coefficient (Wildman–Crippen LogP) is 2.05. The van der Waals surface area contributed by atoms with Crippen molar-refractivity contribution >= 4 is 5.91 Å². The summed E-state index contributed by atoms with van der Waals surface area (Å²) in [5.41, 5.74) is 1.17. The Balaban J connectivity index is 1.67. The van der Waals surface area contributed by atoms with Crippen molar-refractivity contribution < 1.29 is 4.79 Å². The molecule has 1 saturated heterocycles. The molecule has 0 spiro atoms. The van der Waals surface area contributed by atoms with Crippen molar-refractivity contribution in [1.29, 1.82) is 0 Å². The number of amides is 1. The van der Waals surface area contributed by atoms with E-state index < -0.39 is 0 Å². The molecular weight excluding hydrogens is 288 g/mol. The third-order valence-corrected chi connectivity index (χ3v) is 5.71. The zero-order chi connectivity index (χ0) is 16.4. The zero-order valence-corrected chi connectivity index (χ0v) is 14.6. The Morgan fingerprint density at radius 3 is 2.83 bits per heavy atom. The fourth-order valence-electron chi connectivity index (χ4n) is 4.36. The first-order chi connectivity index (χ1) is 11.1. The van der Waals surface area contributed by atoms with Gasteiger partial charge < -0.3 is 10.6 Å². The van der Waals surface area contributed by atoms with Gasteiger partial charge in [0.25, 0.3) is 0 Å². The molecule has 5 heteroatoms. The van der Waals surface area contributed by atoms with Crippen molar-refractivity contribution in [3.63, 3.8) is 0 Å². The van der Waals surface area contributed by atoms with Crippen LogP contribution >= 0.6 is 0 Å². The SMILES string of the molecule is CC(C)C1CCCCC1NC(=O)[C@H]1CNC[C@@H]1c1cnn(C)c1. The molecule has 1 amide bonds. The predicted molar refractivity (Wildman–Crippen MR) is 91.0 cm³/mol. The third-order valence-electron chi connectivity index (χ3n) is 5.71. The lowest BCUT2D eigenvalue weighted by atomic mass is 9.77. The highest BCUT2D eigenvalue weighted by atomic mass is 16.2. The molecule has 2 heterocycles. The van der Waals surface area contributed by atoms with Crippen molar-refractivity contribution in [2.75, 3.05) is 13.1 Å². The van der Waals surface area contributed by atoms with Crippen LogP contribution in [0.3, 0.4) is 0 Å². The number of aryl methyl sites for hydroxylation is 1. The van der Waals surface area contributed by atoms with Crippen molar-refractivity contribution in [2.45, 2.75) is 51.5 Å². The van der Waals surface area contributed by atoms with E-state index in [4.69, 9.17) is 0 Å². The first kappa shape index (κ1) is 16.5. The van der Waals surface area contributed by atoms with Crippen molar-refractivity contribution in [3.05, 3.63) is 18.0 Å². The van der Waals surface area contributed by atoms with Gasteiger partial charge in [-0.3, -0.25) is 9.48 Å². The molecular formula is C18H30N4O. The molecule has 23 heavy (non-hydrogen) atoms. The molecule has 0 radical (unpaired) electrons. The Bertz CT molecular complexity index is 539. The third kappa shape index (κ3) is 3.60. The summed E-state index contributed by atoms with van der Waals surface area (Å²) in [7, 11) is 1.93. The van der Waals surface area contributed by atoms with Crippen LogP contribution in [0, 0.1) is 17.8 Å². The Labute approximate surface area is 139 Å². The first-order valence-corrected chi connectivity index (χ1v) is 9.06. The summed E-state index contributed by atoms with van der Waals surface area (Å²) in [6, 6.07) is 0.353. The number of rotatable bonds is 4. The van der Waals surface area contributed by atoms with Crippen LogP contribution in [0.25, 0.3) is 0 Å². The number of nitrogens with zero attached hydrogens (tertiary/aromatic N) is 2. The van der Waals surface area contributed by atoms with E-state index in [1.165, 1.54) is 24.8 Å². The second kappa shape index (κ2) is 7.04. The van der Waals surface area contributed by atoms with Crippen molar-refractivity contribution in [2.24, 2.45) is 24.8 Å². The highest BCUT2D eigenvalue weighted by Crippen LogP contribution is 2.32. The Morgan fingerprint density at radius 1 is 1.35 bits per heavy atom. The lowest BCUT2D eigenvalue weighted by molar-refractivity contribution is -0.126. The van der Waals surface area contributed by atoms with E-state index in [2.05, 4.69) is 29.6 Å². The molecule has 1 saturated carbocycles. The fraction of sp³-hybridized carbons (Fsp3) is 0.778. The quantitative estimate of drug-likeness (QED) is 0.893. The molecule has 1 aromatic rings. The second-order valence-corrected chi connectivity index (χ2v) is 7.63. The molecule has 1 aromatic heterocycles. The number of aromatic nitrogens is 2. The molecule has 1 aliphatic heterocycles. The minimum absolute atomic E-state index is 0.0222. The largest absolute Gasteiger partial charge is 0.353 e. The summed E-state index contributed by atoms with van der Waals surface area (Å²) in [5, 5.41) is 11.0. The normalized spacial score (nSPS) is 31.5. The lowest BCUT2D eigenvalue weighted by Gasteiger charge is -2.35. The van der Waals surface area contributed by atoms with E-state index in [1.54, 1.807) is 0 Å². The number of hydrogen-bond donors (Lipinski definition) is 2. The maximum atomic E-state index is 12.9. The van der Waals surface area contributed by atoms with Crippen LogP contribution in [0.1, 0.15) is 51.0 Å². The van der Waals surface area contributed by atoms with E-state index >= 15 is 0 Å². The summed E-state index contributed by atoms with van der Waals surface area (Å²) in [6.07, 6.45) is 8.86. The molecule has 4 atom stereocenters. The van der Waals surface area contributed by atoms with E-state index in [-0.39, 0.29) is 17.7 Å². The maximum Gasteiger partial charge on any atom is 0.225 e. The van der Waals surface area contributed by atoms with Crippen LogP contribution in [0.4, 0.5) is 0 Å². The molecule has 5 nitrogen and oxygen atoms in total. The zero-order valence-electron chi connectivity index (χ0n) is 14.6. The molecule has 2 N–H and O–H groups in total. The average Bonchev–Trinajstić information content (AvgIpc) is 3.15. The summed E-state index contributed by atoms with van der Waals surface area (Å²) in [6.45, 7) is 6.20. The van der Waals surface area contributed by atoms with Crippen LogP contribution < -0.4 is 10.6 Å². The maximum absolute atomic E-state index is 12.9. The topological polar surface area (TPSA) is 59.0 Å². The van der Waals surface area contributed by atoms with E-state index in [1.807, 2.05) is 24.1 Å². The van der Waals surface area contributed by atoms with Gasteiger partial charge in [-0.1, -0.05) is 26.7 Å². The Hall–Kier alpha value is -1.36. The van der Waals surface area contributed by atoms with E-state index in [0.717, 1.165) is 19.5 Å². The molecule has 2 fully saturated rings. The molecule has 2 aliphatic rings. The van der Waals surface area contributed by atoms with Gasteiger partial charge in [-0.15, -0.1) is 0 Å². The lowest BCUT2D eigenvalue weighted by Crippen LogP contribution is -2.47. The summed E-state index contributed by atoms with van der Waals surface area (Å²) in [5.74, 6) is 1.75. The van der Waals surface area contributed by atoms with Gasteiger partial charge in [-0.25, -0.2) is 0 Å². The van der Waals surface area contributed by atoms with Gasteiger partial charge in [0.15, 0.2) is 0 Å². The molecule has 0 aromatic carbocycles. The van der Waals surface area contributed by atoms with Gasteiger partial charge in [-0.05, 0) is 30.2 Å². The molecule has 2 unspecified atom stereocenters. The smallest absolute Gasteiger partial charge is 0.225 e. The second-order valence-electron chi connectivity index (χ2n) is 7.63. The van der Waals surface area contributed by atoms with Crippen LogP contribution in [-0.4, -0.2) is 34.8 Å². The minimum Gasteiger partial charge on any atom is -0.353 e. The van der Waals surface area contributed by atoms with E-state index in [0.29, 0.717) is 17.9 Å². The molecule has 128 valence electrons. The number of nitrogens with one attached hydrogen (secondary N) is 2. The number of carbonyl (C=O) groups is 1. The van der Waals surface area contributed by atoms with Gasteiger partial charge >= 0.3 is 0 Å². The molecule has 0 bridgehead atoms. The van der Waals surface area contributed by atoms with Gasteiger partial charge in [0, 0.05) is 38.3 Å². The van der Waals surface area contributed by atoms with Crippen LogP contribution in [0.2, 0.25) is 0 Å². The van der Waals surface area contributed by atoms with Gasteiger partial charge in [-0.2, -0.15) is 5.10 Å². The number of hydrogen-bond acceptors (Lipinski definition) is 3. The highest BCUT2D eigenvalue weighted by Gasteiger charge is 2.37. The first-order valence-electron chi connectivity index (χ1n) is 9.06. The van der Waals surface area contributed by atoms with Crippen LogP contribution in [0.5, 0.6) is 0 Å². The summed E-state index contributed by atoms with van der Waals surface area (Å²) >= 11 is 0. The standard InChI is InChI=1S/C18H30N4O/c1-12(2)14-6-4-5-7-17(14)21-18(23)16-10-19-9-15(16)13-8-20-22(3)11-13/h8,11-12,14-17,19H,4-7,9-10H2,1-3H3,(H,21,23)/t14?,15-,16+,17?/m1/s1. The van der Waals surface area contributed by atoms with Crippen molar-refractivity contribution in [1.82, 2.24) is 20.4 Å². The summed E-state index contributed by atoms with van der Waals surface area (Å²) in [4.78, 5) is 12.9. The summed E-state index contributed by atoms with van der Waals surface area (Å²) < 4.78 is 1.82. The number of carbonyl (C=O) groups excluding carboxylic acids is 1. The van der Waals surface area contributed by atoms with Gasteiger partial charge in [0.05, 0.1) is 12.1 Å². The average molecular weight is 318 g/mol. The molecule has 3 rings (SSSR count). The van der Waals surface area contributed by atoms with Gasteiger partial charge in [0.1, 0.15) is 0 Å². The van der Waals surface area contributed by atoms with Gasteiger partial charge in [0.2, 0.25) is 5.91 Å². The monoisotopic (exact) mass is 318 g/mol. The van der Waals surface area contributed by atoms with Crippen LogP contribution in [-0.2, 0) is 11.8 Å². The highest BCUT2D eigenvalue weighted by molar-refractivity contribution is 5.80. The Morgan fingerprint density at radius 2 is 2.13 bits per heavy atom.